The molecule has 3 nitrogen and oxygen atoms in total. The number of ether oxygens (including phenoxy) is 2. The highest BCUT2D eigenvalue weighted by molar-refractivity contribution is 7.98. The van der Waals surface area contributed by atoms with Crippen LogP contribution in [-0.2, 0) is 0 Å². The molecule has 1 unspecified atom stereocenters. The second-order valence-corrected chi connectivity index (χ2v) is 5.18. The highest BCUT2D eigenvalue weighted by atomic mass is 32.2. The molecule has 0 bridgehead atoms. The van der Waals surface area contributed by atoms with Crippen LogP contribution in [0.4, 0.5) is 0 Å². The van der Waals surface area contributed by atoms with E-state index in [9.17, 15) is 0 Å². The van der Waals surface area contributed by atoms with Gasteiger partial charge in [-0.1, -0.05) is 6.07 Å². The molecule has 0 saturated heterocycles. The fourth-order valence-electron chi connectivity index (χ4n) is 2.00. The van der Waals surface area contributed by atoms with Gasteiger partial charge in [0.25, 0.3) is 0 Å². The third kappa shape index (κ3) is 4.96. The van der Waals surface area contributed by atoms with Crippen LogP contribution >= 0.6 is 11.8 Å². The molecule has 0 amide bonds. The normalized spacial score (nSPS) is 12.2. The van der Waals surface area contributed by atoms with E-state index >= 15 is 0 Å². The molecule has 0 heterocycles. The molecule has 0 aliphatic carbocycles. The standard InChI is InChI=1S/C15H25NO2S/c1-5-17-14-8-7-12(11-15(14)18-6-2)13(16-3)9-10-19-4/h7-8,11,13,16H,5-6,9-10H2,1-4H3. The zero-order valence-electron chi connectivity index (χ0n) is 12.4. The van der Waals surface area contributed by atoms with E-state index in [-0.39, 0.29) is 0 Å². The summed E-state index contributed by atoms with van der Waals surface area (Å²) >= 11 is 1.87. The summed E-state index contributed by atoms with van der Waals surface area (Å²) in [7, 11) is 2.00. The van der Waals surface area contributed by atoms with Gasteiger partial charge in [0.15, 0.2) is 11.5 Å². The second kappa shape index (κ2) is 9.10. The van der Waals surface area contributed by atoms with Crippen LogP contribution in [0.1, 0.15) is 31.9 Å². The molecule has 0 spiro atoms. The molecule has 4 heteroatoms. The van der Waals surface area contributed by atoms with Crippen molar-refractivity contribution < 1.29 is 9.47 Å². The van der Waals surface area contributed by atoms with Crippen LogP contribution < -0.4 is 14.8 Å². The molecule has 0 aliphatic heterocycles. The maximum Gasteiger partial charge on any atom is 0.161 e. The van der Waals surface area contributed by atoms with Crippen molar-refractivity contribution in [2.24, 2.45) is 0 Å². The molecule has 1 aromatic rings. The van der Waals surface area contributed by atoms with E-state index in [0.29, 0.717) is 19.3 Å². The van der Waals surface area contributed by atoms with E-state index in [1.165, 1.54) is 5.56 Å². The number of thioether (sulfide) groups is 1. The first-order valence-electron chi connectivity index (χ1n) is 6.82. The van der Waals surface area contributed by atoms with Crippen molar-refractivity contribution >= 4 is 11.8 Å². The van der Waals surface area contributed by atoms with Gasteiger partial charge in [0.05, 0.1) is 13.2 Å². The van der Waals surface area contributed by atoms with Crippen LogP contribution in [0.5, 0.6) is 11.5 Å². The van der Waals surface area contributed by atoms with Crippen molar-refractivity contribution in [1.82, 2.24) is 5.32 Å². The highest BCUT2D eigenvalue weighted by Gasteiger charge is 2.12. The summed E-state index contributed by atoms with van der Waals surface area (Å²) in [6.45, 7) is 5.28. The minimum Gasteiger partial charge on any atom is -0.490 e. The minimum atomic E-state index is 0.363. The predicted molar refractivity (Wildman–Crippen MR) is 83.6 cm³/mol. The smallest absolute Gasteiger partial charge is 0.161 e. The summed E-state index contributed by atoms with van der Waals surface area (Å²) in [6, 6.07) is 6.58. The Morgan fingerprint density at radius 3 is 2.42 bits per heavy atom. The molecule has 0 aromatic heterocycles. The lowest BCUT2D eigenvalue weighted by Crippen LogP contribution is -2.17. The van der Waals surface area contributed by atoms with Crippen molar-refractivity contribution in [1.29, 1.82) is 0 Å². The quantitative estimate of drug-likeness (QED) is 0.751. The molecule has 0 radical (unpaired) electrons. The Bertz CT molecular complexity index is 371. The minimum absolute atomic E-state index is 0.363. The zero-order chi connectivity index (χ0) is 14.1. The number of hydrogen-bond acceptors (Lipinski definition) is 4. The van der Waals surface area contributed by atoms with Crippen molar-refractivity contribution in [2.45, 2.75) is 26.3 Å². The average Bonchev–Trinajstić information content (AvgIpc) is 2.43. The summed E-state index contributed by atoms with van der Waals surface area (Å²) in [5, 5.41) is 3.36. The van der Waals surface area contributed by atoms with Crippen LogP contribution in [0.15, 0.2) is 18.2 Å². The van der Waals surface area contributed by atoms with Gasteiger partial charge in [-0.05, 0) is 57.0 Å². The number of rotatable bonds is 9. The maximum atomic E-state index is 5.67. The van der Waals surface area contributed by atoms with E-state index < -0.39 is 0 Å². The summed E-state index contributed by atoms with van der Waals surface area (Å²) < 4.78 is 11.3. The van der Waals surface area contributed by atoms with Gasteiger partial charge < -0.3 is 14.8 Å². The largest absolute Gasteiger partial charge is 0.490 e. The second-order valence-electron chi connectivity index (χ2n) is 4.19. The molecule has 108 valence electrons. The summed E-state index contributed by atoms with van der Waals surface area (Å²) in [5.41, 5.74) is 1.25. The van der Waals surface area contributed by atoms with Crippen molar-refractivity contribution in [3.63, 3.8) is 0 Å². The lowest BCUT2D eigenvalue weighted by molar-refractivity contribution is 0.287. The predicted octanol–water partition coefficient (Wildman–Crippen LogP) is 3.50. The van der Waals surface area contributed by atoms with Gasteiger partial charge in [-0.3, -0.25) is 0 Å². The fourth-order valence-corrected chi connectivity index (χ4v) is 2.47. The van der Waals surface area contributed by atoms with E-state index in [1.807, 2.05) is 38.7 Å². The highest BCUT2D eigenvalue weighted by Crippen LogP contribution is 2.31. The van der Waals surface area contributed by atoms with Crippen molar-refractivity contribution in [3.8, 4) is 11.5 Å². The van der Waals surface area contributed by atoms with Gasteiger partial charge >= 0.3 is 0 Å². The number of nitrogens with one attached hydrogen (secondary N) is 1. The van der Waals surface area contributed by atoms with Crippen LogP contribution in [-0.4, -0.2) is 32.3 Å². The van der Waals surface area contributed by atoms with Gasteiger partial charge in [-0.15, -0.1) is 0 Å². The monoisotopic (exact) mass is 283 g/mol. The third-order valence-corrected chi connectivity index (χ3v) is 3.57. The van der Waals surface area contributed by atoms with Crippen LogP contribution in [0.3, 0.4) is 0 Å². The molecule has 1 N–H and O–H groups in total. The van der Waals surface area contributed by atoms with Crippen LogP contribution in [0.25, 0.3) is 0 Å². The molecular formula is C15H25NO2S. The summed E-state index contributed by atoms with van der Waals surface area (Å²) in [6.07, 6.45) is 3.24. The molecule has 0 saturated carbocycles. The zero-order valence-corrected chi connectivity index (χ0v) is 13.2. The van der Waals surface area contributed by atoms with E-state index in [0.717, 1.165) is 23.7 Å². The average molecular weight is 283 g/mol. The Balaban J connectivity index is 2.91. The molecule has 1 atom stereocenters. The van der Waals surface area contributed by atoms with Crippen molar-refractivity contribution in [2.75, 3.05) is 32.3 Å². The first kappa shape index (κ1) is 16.2. The van der Waals surface area contributed by atoms with Gasteiger partial charge in [-0.25, -0.2) is 0 Å². The molecular weight excluding hydrogens is 258 g/mol. The topological polar surface area (TPSA) is 30.5 Å². The summed E-state index contributed by atoms with van der Waals surface area (Å²) in [5.74, 6) is 2.81. The Labute approximate surface area is 121 Å². The number of benzene rings is 1. The molecule has 1 rings (SSSR count). The van der Waals surface area contributed by atoms with Gasteiger partial charge in [0, 0.05) is 6.04 Å². The summed E-state index contributed by atoms with van der Waals surface area (Å²) in [4.78, 5) is 0. The molecule has 0 fully saturated rings. The Morgan fingerprint density at radius 1 is 1.16 bits per heavy atom. The Kier molecular flexibility index (Phi) is 7.75. The van der Waals surface area contributed by atoms with Gasteiger partial charge in [0.1, 0.15) is 0 Å². The van der Waals surface area contributed by atoms with Crippen LogP contribution in [0.2, 0.25) is 0 Å². The first-order valence-corrected chi connectivity index (χ1v) is 8.21. The number of hydrogen-bond donors (Lipinski definition) is 1. The first-order chi connectivity index (χ1) is 9.26. The molecule has 1 aromatic carbocycles. The van der Waals surface area contributed by atoms with Crippen molar-refractivity contribution in [3.05, 3.63) is 23.8 Å². The SMILES string of the molecule is CCOc1ccc(C(CCSC)NC)cc1OCC. The molecule has 0 aliphatic rings. The van der Waals surface area contributed by atoms with Gasteiger partial charge in [0.2, 0.25) is 0 Å². The molecule has 19 heavy (non-hydrogen) atoms. The third-order valence-electron chi connectivity index (χ3n) is 2.93. The Hall–Kier alpha value is -0.870. The van der Waals surface area contributed by atoms with Gasteiger partial charge in [-0.2, -0.15) is 11.8 Å². The fraction of sp³-hybridized carbons (Fsp3) is 0.600. The van der Waals surface area contributed by atoms with E-state index in [1.54, 1.807) is 0 Å². The van der Waals surface area contributed by atoms with E-state index in [4.69, 9.17) is 9.47 Å². The Morgan fingerprint density at radius 2 is 1.84 bits per heavy atom. The maximum absolute atomic E-state index is 5.67. The van der Waals surface area contributed by atoms with E-state index in [2.05, 4.69) is 23.7 Å². The van der Waals surface area contributed by atoms with Crippen LogP contribution in [0, 0.1) is 0 Å². The lowest BCUT2D eigenvalue weighted by atomic mass is 10.0. The lowest BCUT2D eigenvalue weighted by Gasteiger charge is -2.18.